The number of hydrogen-bond acceptors (Lipinski definition) is 11. The van der Waals surface area contributed by atoms with E-state index in [0.29, 0.717) is 80.3 Å². The van der Waals surface area contributed by atoms with Crippen molar-refractivity contribution in [2.24, 2.45) is 0 Å². The van der Waals surface area contributed by atoms with E-state index in [2.05, 4.69) is 20.8 Å². The molecular formula is C57H100O11. The molecule has 0 amide bonds. The van der Waals surface area contributed by atoms with Gasteiger partial charge in [-0.2, -0.15) is 0 Å². The van der Waals surface area contributed by atoms with Crippen molar-refractivity contribution in [1.82, 2.24) is 0 Å². The van der Waals surface area contributed by atoms with Crippen molar-refractivity contribution in [3.63, 3.8) is 0 Å². The largest absolute Gasteiger partial charge is 0.462 e. The minimum Gasteiger partial charge on any atom is -0.462 e. The smallest absolute Gasteiger partial charge is 0.306 e. The number of hydrogen-bond donors (Lipinski definition) is 0. The third-order valence-corrected chi connectivity index (χ3v) is 15.2. The molecule has 394 valence electrons. The summed E-state index contributed by atoms with van der Waals surface area (Å²) in [6.45, 7) is 6.53. The van der Waals surface area contributed by atoms with Crippen LogP contribution in [0, 0.1) is 0 Å². The zero-order valence-electron chi connectivity index (χ0n) is 43.6. The predicted molar refractivity (Wildman–Crippen MR) is 268 cm³/mol. The monoisotopic (exact) mass is 961 g/mol. The molecule has 11 nitrogen and oxygen atoms in total. The normalized spacial score (nSPS) is 26.9. The van der Waals surface area contributed by atoms with Gasteiger partial charge in [0, 0.05) is 32.1 Å². The van der Waals surface area contributed by atoms with Crippen LogP contribution in [0.15, 0.2) is 0 Å². The number of rotatable bonds is 48. The fraction of sp³-hybridized carbons (Fsp3) is 0.947. The van der Waals surface area contributed by atoms with Crippen LogP contribution < -0.4 is 0 Å². The highest BCUT2D eigenvalue weighted by Crippen LogP contribution is 2.40. The number of ether oxygens (including phenoxy) is 8. The predicted octanol–water partition coefficient (Wildman–Crippen LogP) is 13.7. The minimum atomic E-state index is -0.808. The topological polar surface area (TPSA) is 142 Å². The number of esters is 3. The molecule has 0 aromatic carbocycles. The number of carbonyl (C=O) groups is 3. The second-order valence-electron chi connectivity index (χ2n) is 21.5. The summed E-state index contributed by atoms with van der Waals surface area (Å²) in [5.74, 6) is -0.949. The lowest BCUT2D eigenvalue weighted by atomic mass is 10.0. The summed E-state index contributed by atoms with van der Waals surface area (Å²) in [4.78, 5) is 38.4. The van der Waals surface area contributed by atoms with E-state index in [-0.39, 0.29) is 31.1 Å². The van der Waals surface area contributed by atoms with Gasteiger partial charge in [0.15, 0.2) is 6.10 Å². The first-order valence-electron chi connectivity index (χ1n) is 29.1. The minimum absolute atomic E-state index is 0.104. The van der Waals surface area contributed by atoms with Gasteiger partial charge in [0.2, 0.25) is 0 Å². The van der Waals surface area contributed by atoms with E-state index in [1.807, 2.05) is 0 Å². The van der Waals surface area contributed by atoms with Gasteiger partial charge in [0.1, 0.15) is 13.2 Å². The zero-order chi connectivity index (χ0) is 48.0. The Hall–Kier alpha value is -1.79. The van der Waals surface area contributed by atoms with Crippen LogP contribution in [-0.2, 0) is 52.3 Å². The lowest BCUT2D eigenvalue weighted by molar-refractivity contribution is -0.167. The molecule has 5 heterocycles. The van der Waals surface area contributed by atoms with E-state index >= 15 is 0 Å². The maximum Gasteiger partial charge on any atom is 0.306 e. The molecule has 10 unspecified atom stereocenters. The molecule has 0 N–H and O–H groups in total. The fourth-order valence-corrected chi connectivity index (χ4v) is 10.3. The number of unbranched alkanes of at least 4 members (excludes halogenated alkanes) is 21. The molecule has 0 saturated carbocycles. The van der Waals surface area contributed by atoms with Crippen LogP contribution >= 0.6 is 0 Å². The SMILES string of the molecule is CCCCCCCCC1OC1CCCCCCCC(=O)OC(COC(=O)CCCCCCCC1OC1CC1OC1CCCCC)COC(=O)CCCCCCCC1OC1CC1OC1CCCCC. The van der Waals surface area contributed by atoms with Gasteiger partial charge in [0.25, 0.3) is 0 Å². The fourth-order valence-electron chi connectivity index (χ4n) is 10.3. The Morgan fingerprint density at radius 3 is 0.926 bits per heavy atom. The molecule has 5 rings (SSSR count). The van der Waals surface area contributed by atoms with Crippen molar-refractivity contribution in [1.29, 1.82) is 0 Å². The summed E-state index contributed by atoms with van der Waals surface area (Å²) in [7, 11) is 0. The standard InChI is InChI=1S/C57H100O11/c1-4-7-10-11-15-24-33-45-46(64-45)34-25-16-14-21-30-39-57(60)63-44(42-61-55(58)37-28-19-12-17-26-35-49-53(67-49)40-51-47(65-51)31-22-8-5-2)43-62-56(59)38-29-20-13-18-27-36-50-54(68-50)41-52-48(66-52)32-23-9-6-3/h44-54H,4-43H2,1-3H3. The highest BCUT2D eigenvalue weighted by Gasteiger charge is 2.48. The van der Waals surface area contributed by atoms with E-state index in [1.165, 1.54) is 103 Å². The molecule has 10 atom stereocenters. The molecule has 5 aliphatic heterocycles. The lowest BCUT2D eigenvalue weighted by Gasteiger charge is -2.18. The second-order valence-corrected chi connectivity index (χ2v) is 21.5. The zero-order valence-corrected chi connectivity index (χ0v) is 43.6. The molecule has 0 spiro atoms. The molecule has 0 aromatic rings. The summed E-state index contributed by atoms with van der Waals surface area (Å²) in [6.07, 6.45) is 44.4. The van der Waals surface area contributed by atoms with Crippen LogP contribution in [0.1, 0.15) is 265 Å². The molecular weight excluding hydrogens is 861 g/mol. The first kappa shape index (κ1) is 57.1. The van der Waals surface area contributed by atoms with Gasteiger partial charge in [-0.3, -0.25) is 14.4 Å². The Kier molecular flexibility index (Phi) is 29.0. The molecule has 5 saturated heterocycles. The van der Waals surface area contributed by atoms with Crippen LogP contribution in [0.5, 0.6) is 0 Å². The first-order valence-corrected chi connectivity index (χ1v) is 29.1. The molecule has 68 heavy (non-hydrogen) atoms. The van der Waals surface area contributed by atoms with Crippen LogP contribution in [-0.4, -0.2) is 98.3 Å². The summed E-state index contributed by atoms with van der Waals surface area (Å²) < 4.78 is 46.4. The molecule has 0 radical (unpaired) electrons. The Morgan fingerprint density at radius 2 is 0.574 bits per heavy atom. The van der Waals surface area contributed by atoms with Crippen LogP contribution in [0.25, 0.3) is 0 Å². The Bertz CT molecular complexity index is 1270. The van der Waals surface area contributed by atoms with Gasteiger partial charge < -0.3 is 37.9 Å². The van der Waals surface area contributed by atoms with E-state index < -0.39 is 6.10 Å². The molecule has 5 fully saturated rings. The molecule has 5 aliphatic rings. The average Bonchev–Trinajstić information content (AvgIpc) is 4.05. The average molecular weight is 961 g/mol. The van der Waals surface area contributed by atoms with Crippen molar-refractivity contribution in [2.45, 2.75) is 332 Å². The van der Waals surface area contributed by atoms with Gasteiger partial charge in [-0.15, -0.1) is 0 Å². The summed E-state index contributed by atoms with van der Waals surface area (Å²) in [5.41, 5.74) is 0. The Morgan fingerprint density at radius 1 is 0.324 bits per heavy atom. The van der Waals surface area contributed by atoms with Gasteiger partial charge >= 0.3 is 17.9 Å². The van der Waals surface area contributed by atoms with Crippen LogP contribution in [0.3, 0.4) is 0 Å². The Balaban J connectivity index is 0.866. The first-order chi connectivity index (χ1) is 33.4. The van der Waals surface area contributed by atoms with Crippen molar-refractivity contribution in [3.8, 4) is 0 Å². The van der Waals surface area contributed by atoms with Crippen LogP contribution in [0.2, 0.25) is 0 Å². The van der Waals surface area contributed by atoms with Gasteiger partial charge in [-0.1, -0.05) is 175 Å². The quantitative estimate of drug-likeness (QED) is 0.0249. The molecule has 0 aromatic heterocycles. The van der Waals surface area contributed by atoms with E-state index in [4.69, 9.17) is 37.9 Å². The van der Waals surface area contributed by atoms with Crippen molar-refractivity contribution < 1.29 is 52.3 Å². The lowest BCUT2D eigenvalue weighted by Crippen LogP contribution is -2.30. The van der Waals surface area contributed by atoms with Crippen molar-refractivity contribution in [3.05, 3.63) is 0 Å². The highest BCUT2D eigenvalue weighted by atomic mass is 16.6. The Labute approximate surface area is 414 Å². The number of epoxide rings is 5. The molecule has 0 bridgehead atoms. The van der Waals surface area contributed by atoms with Gasteiger partial charge in [-0.05, 0) is 57.8 Å². The van der Waals surface area contributed by atoms with Gasteiger partial charge in [-0.25, -0.2) is 0 Å². The third kappa shape index (κ3) is 26.6. The van der Waals surface area contributed by atoms with E-state index in [9.17, 15) is 14.4 Å². The maximum atomic E-state index is 12.9. The number of carbonyl (C=O) groups excluding carboxylic acids is 3. The van der Waals surface area contributed by atoms with Crippen LogP contribution in [0.4, 0.5) is 0 Å². The summed E-state index contributed by atoms with van der Waals surface area (Å²) in [6, 6.07) is 0. The maximum absolute atomic E-state index is 12.9. The van der Waals surface area contributed by atoms with E-state index in [0.717, 1.165) is 122 Å². The highest BCUT2D eigenvalue weighted by molar-refractivity contribution is 5.71. The third-order valence-electron chi connectivity index (χ3n) is 15.2. The van der Waals surface area contributed by atoms with Crippen molar-refractivity contribution >= 4 is 17.9 Å². The second kappa shape index (κ2) is 34.6. The molecule has 0 aliphatic carbocycles. The van der Waals surface area contributed by atoms with E-state index in [1.54, 1.807) is 0 Å². The van der Waals surface area contributed by atoms with Gasteiger partial charge in [0.05, 0.1) is 61.0 Å². The summed E-state index contributed by atoms with van der Waals surface area (Å²) in [5, 5.41) is 0. The van der Waals surface area contributed by atoms with Crippen molar-refractivity contribution in [2.75, 3.05) is 13.2 Å². The summed E-state index contributed by atoms with van der Waals surface area (Å²) >= 11 is 0. The molecule has 11 heteroatoms.